The molecule has 0 saturated carbocycles. The smallest absolute Gasteiger partial charge is 0.178 e. The van der Waals surface area contributed by atoms with E-state index < -0.39 is 0 Å². The third kappa shape index (κ3) is 3.79. The van der Waals surface area contributed by atoms with Crippen molar-refractivity contribution >= 4 is 17.1 Å². The Hall–Kier alpha value is -1.43. The van der Waals surface area contributed by atoms with E-state index in [9.17, 15) is 4.79 Å². The number of nitrogens with zero attached hydrogens (tertiary/aromatic N) is 2. The normalized spacial score (nSPS) is 22.0. The summed E-state index contributed by atoms with van der Waals surface area (Å²) in [6.45, 7) is 11.2. The van der Waals surface area contributed by atoms with Gasteiger partial charge in [-0.2, -0.15) is 0 Å². The predicted molar refractivity (Wildman–Crippen MR) is 98.1 cm³/mol. The highest BCUT2D eigenvalue weighted by Crippen LogP contribution is 2.20. The lowest BCUT2D eigenvalue weighted by atomic mass is 10.1. The predicted octanol–water partition coefficient (Wildman–Crippen LogP) is 3.51. The molecule has 0 N–H and O–H groups in total. The number of hydrogen-bond donors (Lipinski definition) is 0. The van der Waals surface area contributed by atoms with E-state index >= 15 is 0 Å². The third-order valence-corrected chi connectivity index (χ3v) is 5.49. The first-order chi connectivity index (χ1) is 11.4. The van der Waals surface area contributed by atoms with Crippen molar-refractivity contribution < 1.29 is 9.53 Å². The number of ketones is 1. The summed E-state index contributed by atoms with van der Waals surface area (Å²) >= 11 is 1.75. The van der Waals surface area contributed by atoms with E-state index in [1.165, 1.54) is 4.88 Å². The Morgan fingerprint density at radius 3 is 2.62 bits per heavy atom. The number of thiophene rings is 1. The Kier molecular flexibility index (Phi) is 5.23. The van der Waals surface area contributed by atoms with Crippen LogP contribution in [-0.2, 0) is 11.3 Å². The number of ether oxygens (including phenoxy) is 1. The summed E-state index contributed by atoms with van der Waals surface area (Å²) in [4.78, 5) is 16.3. The maximum absolute atomic E-state index is 12.8. The molecule has 1 fully saturated rings. The molecule has 1 aliphatic rings. The van der Waals surface area contributed by atoms with Crippen LogP contribution in [0.3, 0.4) is 0 Å². The van der Waals surface area contributed by atoms with Crippen molar-refractivity contribution in [3.8, 4) is 0 Å². The van der Waals surface area contributed by atoms with Crippen LogP contribution in [0, 0.1) is 13.8 Å². The van der Waals surface area contributed by atoms with E-state index in [0.717, 1.165) is 36.6 Å². The molecule has 2 aromatic rings. The summed E-state index contributed by atoms with van der Waals surface area (Å²) in [5.74, 6) is 0.210. The Labute approximate surface area is 148 Å². The van der Waals surface area contributed by atoms with Gasteiger partial charge in [-0.15, -0.1) is 11.3 Å². The lowest BCUT2D eigenvalue weighted by Gasteiger charge is -2.34. The molecule has 2 atom stereocenters. The zero-order valence-electron chi connectivity index (χ0n) is 14.9. The number of carbonyl (C=O) groups excluding carboxylic acids is 1. The summed E-state index contributed by atoms with van der Waals surface area (Å²) in [6, 6.07) is 6.25. The summed E-state index contributed by atoms with van der Waals surface area (Å²) in [5, 5.41) is 2.09. The van der Waals surface area contributed by atoms with Crippen LogP contribution in [0.25, 0.3) is 0 Å². The molecule has 1 aliphatic heterocycles. The Morgan fingerprint density at radius 1 is 1.29 bits per heavy atom. The topological polar surface area (TPSA) is 34.5 Å². The lowest BCUT2D eigenvalue weighted by Crippen LogP contribution is -2.47. The summed E-state index contributed by atoms with van der Waals surface area (Å²) in [7, 11) is 0. The molecule has 3 rings (SSSR count). The van der Waals surface area contributed by atoms with Gasteiger partial charge in [-0.05, 0) is 45.2 Å². The molecule has 24 heavy (non-hydrogen) atoms. The van der Waals surface area contributed by atoms with Crippen LogP contribution in [0.5, 0.6) is 0 Å². The van der Waals surface area contributed by atoms with Gasteiger partial charge < -0.3 is 9.30 Å². The fraction of sp³-hybridized carbons (Fsp3) is 0.526. The van der Waals surface area contributed by atoms with E-state index in [4.69, 9.17) is 4.74 Å². The van der Waals surface area contributed by atoms with Crippen molar-refractivity contribution in [1.82, 2.24) is 9.47 Å². The standard InChI is InChI=1S/C19H26N2O2S/c1-13-8-18(16(4)21(13)11-17-6-5-7-24-17)19(22)12-20-9-14(2)23-15(3)10-20/h5-8,14-15H,9-12H2,1-4H3/t14-,15-/m1/s1. The highest BCUT2D eigenvalue weighted by atomic mass is 32.1. The Balaban J connectivity index is 1.73. The van der Waals surface area contributed by atoms with Crippen molar-refractivity contribution in [3.05, 3.63) is 45.4 Å². The largest absolute Gasteiger partial charge is 0.373 e. The Bertz CT molecular complexity index is 695. The van der Waals surface area contributed by atoms with Crippen LogP contribution >= 0.6 is 11.3 Å². The molecule has 3 heterocycles. The lowest BCUT2D eigenvalue weighted by molar-refractivity contribution is -0.0652. The van der Waals surface area contributed by atoms with E-state index in [0.29, 0.717) is 6.54 Å². The molecule has 0 bridgehead atoms. The fourth-order valence-electron chi connectivity index (χ4n) is 3.59. The molecule has 0 aliphatic carbocycles. The third-order valence-electron chi connectivity index (χ3n) is 4.63. The van der Waals surface area contributed by atoms with Gasteiger partial charge in [0.25, 0.3) is 0 Å². The second-order valence-electron chi connectivity index (χ2n) is 6.82. The SMILES string of the molecule is Cc1cc(C(=O)CN2C[C@@H](C)O[C@H](C)C2)c(C)n1Cc1cccs1. The first-order valence-electron chi connectivity index (χ1n) is 8.54. The van der Waals surface area contributed by atoms with Crippen molar-refractivity contribution in [3.63, 3.8) is 0 Å². The van der Waals surface area contributed by atoms with Gasteiger partial charge in [0.2, 0.25) is 0 Å². The second-order valence-corrected chi connectivity index (χ2v) is 7.86. The van der Waals surface area contributed by atoms with Gasteiger partial charge in [-0.3, -0.25) is 9.69 Å². The zero-order chi connectivity index (χ0) is 17.3. The molecular formula is C19H26N2O2S. The van der Waals surface area contributed by atoms with Crippen LogP contribution in [-0.4, -0.2) is 47.1 Å². The minimum Gasteiger partial charge on any atom is -0.373 e. The molecule has 5 heteroatoms. The monoisotopic (exact) mass is 346 g/mol. The van der Waals surface area contributed by atoms with E-state index in [-0.39, 0.29) is 18.0 Å². The van der Waals surface area contributed by atoms with Crippen molar-refractivity contribution in [2.75, 3.05) is 19.6 Å². The molecule has 2 aromatic heterocycles. The van der Waals surface area contributed by atoms with Gasteiger partial charge in [-0.25, -0.2) is 0 Å². The van der Waals surface area contributed by atoms with Crippen LogP contribution in [0.1, 0.15) is 40.5 Å². The summed E-state index contributed by atoms with van der Waals surface area (Å²) < 4.78 is 7.99. The highest BCUT2D eigenvalue weighted by molar-refractivity contribution is 7.09. The molecule has 1 saturated heterocycles. The quantitative estimate of drug-likeness (QED) is 0.777. The van der Waals surface area contributed by atoms with Crippen molar-refractivity contribution in [2.24, 2.45) is 0 Å². The number of Topliss-reactive ketones (excluding diaryl/α,β-unsaturated/α-hetero) is 1. The van der Waals surface area contributed by atoms with Gasteiger partial charge in [-0.1, -0.05) is 6.07 Å². The maximum atomic E-state index is 12.8. The van der Waals surface area contributed by atoms with Crippen LogP contribution in [0.2, 0.25) is 0 Å². The van der Waals surface area contributed by atoms with Crippen molar-refractivity contribution in [2.45, 2.75) is 46.4 Å². The summed E-state index contributed by atoms with van der Waals surface area (Å²) in [6.07, 6.45) is 0.376. The van der Waals surface area contributed by atoms with Gasteiger partial charge in [0.15, 0.2) is 5.78 Å². The van der Waals surface area contributed by atoms with Crippen LogP contribution in [0.15, 0.2) is 23.6 Å². The molecule has 0 spiro atoms. The minimum atomic E-state index is 0.188. The summed E-state index contributed by atoms with van der Waals surface area (Å²) in [5.41, 5.74) is 3.07. The number of aromatic nitrogens is 1. The van der Waals surface area contributed by atoms with Crippen LogP contribution < -0.4 is 0 Å². The molecule has 0 amide bonds. The maximum Gasteiger partial charge on any atom is 0.178 e. The number of hydrogen-bond acceptors (Lipinski definition) is 4. The van der Waals surface area contributed by atoms with Gasteiger partial charge in [0.1, 0.15) is 0 Å². The van der Waals surface area contributed by atoms with E-state index in [1.54, 1.807) is 11.3 Å². The van der Waals surface area contributed by atoms with Crippen molar-refractivity contribution in [1.29, 1.82) is 0 Å². The first-order valence-corrected chi connectivity index (χ1v) is 9.42. The van der Waals surface area contributed by atoms with Crippen LogP contribution in [0.4, 0.5) is 0 Å². The number of carbonyl (C=O) groups is 1. The molecular weight excluding hydrogens is 320 g/mol. The molecule has 0 radical (unpaired) electrons. The average molecular weight is 346 g/mol. The number of morpholine rings is 1. The highest BCUT2D eigenvalue weighted by Gasteiger charge is 2.25. The molecule has 0 aromatic carbocycles. The second kappa shape index (κ2) is 7.21. The Morgan fingerprint density at radius 2 is 2.00 bits per heavy atom. The van der Waals surface area contributed by atoms with Gasteiger partial charge >= 0.3 is 0 Å². The minimum absolute atomic E-state index is 0.188. The first kappa shape index (κ1) is 17.4. The van der Waals surface area contributed by atoms with E-state index in [1.807, 2.05) is 6.07 Å². The van der Waals surface area contributed by atoms with E-state index in [2.05, 4.69) is 54.7 Å². The molecule has 130 valence electrons. The van der Waals surface area contributed by atoms with Gasteiger partial charge in [0.05, 0.1) is 25.3 Å². The fourth-order valence-corrected chi connectivity index (χ4v) is 4.28. The number of aryl methyl sites for hydroxylation is 1. The number of rotatable bonds is 5. The zero-order valence-corrected chi connectivity index (χ0v) is 15.7. The van der Waals surface area contributed by atoms with Gasteiger partial charge in [0, 0.05) is 34.9 Å². The molecule has 0 unspecified atom stereocenters. The molecule has 4 nitrogen and oxygen atoms in total. The average Bonchev–Trinajstić information content (AvgIpc) is 3.10.